The van der Waals surface area contributed by atoms with E-state index in [-0.39, 0.29) is 0 Å². The van der Waals surface area contributed by atoms with Gasteiger partial charge in [-0.1, -0.05) is 31.5 Å². The van der Waals surface area contributed by atoms with Gasteiger partial charge in [-0.25, -0.2) is 0 Å². The first-order valence-electron chi connectivity index (χ1n) is 8.06. The molecule has 4 nitrogen and oxygen atoms in total. The minimum Gasteiger partial charge on any atom is -0.491 e. The molecule has 2 rings (SSSR count). The topological polar surface area (TPSA) is 53.7 Å². The van der Waals surface area contributed by atoms with Gasteiger partial charge in [0.25, 0.3) is 0 Å². The van der Waals surface area contributed by atoms with E-state index in [1.165, 1.54) is 5.56 Å². The molecule has 2 aromatic carbocycles. The van der Waals surface area contributed by atoms with Gasteiger partial charge < -0.3 is 19.9 Å². The van der Waals surface area contributed by atoms with Crippen LogP contribution in [0.5, 0.6) is 11.5 Å². The molecule has 4 heteroatoms. The summed E-state index contributed by atoms with van der Waals surface area (Å²) in [4.78, 5) is 0. The minimum atomic E-state index is 0.510. The summed E-state index contributed by atoms with van der Waals surface area (Å²) in [5.41, 5.74) is 7.60. The fraction of sp³-hybridized carbons (Fsp3) is 0.368. The summed E-state index contributed by atoms with van der Waals surface area (Å²) in [5, 5.41) is 0. The van der Waals surface area contributed by atoms with Crippen LogP contribution in [0, 0.1) is 0 Å². The molecule has 2 aromatic rings. The number of para-hydroxylation sites is 1. The lowest BCUT2D eigenvalue weighted by molar-refractivity contribution is 0.0762. The predicted octanol–water partition coefficient (Wildman–Crippen LogP) is 3.70. The first-order valence-corrected chi connectivity index (χ1v) is 8.06. The highest BCUT2D eigenvalue weighted by molar-refractivity contribution is 5.41. The van der Waals surface area contributed by atoms with E-state index in [1.807, 2.05) is 42.5 Å². The lowest BCUT2D eigenvalue weighted by Gasteiger charge is -2.11. The van der Waals surface area contributed by atoms with Crippen molar-refractivity contribution in [1.82, 2.24) is 0 Å². The van der Waals surface area contributed by atoms with Gasteiger partial charge in [0.15, 0.2) is 0 Å². The Balaban J connectivity index is 1.58. The summed E-state index contributed by atoms with van der Waals surface area (Å²) in [6.45, 7) is 4.30. The molecule has 0 fully saturated rings. The number of hydrogen-bond donors (Lipinski definition) is 1. The van der Waals surface area contributed by atoms with E-state index in [9.17, 15) is 0 Å². The van der Waals surface area contributed by atoms with Gasteiger partial charge in [-0.15, -0.1) is 0 Å². The fourth-order valence-corrected chi connectivity index (χ4v) is 2.22. The maximum absolute atomic E-state index is 5.79. The third kappa shape index (κ3) is 6.20. The Bertz CT molecular complexity index is 569. The van der Waals surface area contributed by atoms with Gasteiger partial charge in [-0.3, -0.25) is 0 Å². The van der Waals surface area contributed by atoms with Crippen LogP contribution in [0.25, 0.3) is 0 Å². The molecule has 0 heterocycles. The molecule has 0 amide bonds. The van der Waals surface area contributed by atoms with E-state index in [1.54, 1.807) is 0 Å². The van der Waals surface area contributed by atoms with Gasteiger partial charge in [0, 0.05) is 5.69 Å². The van der Waals surface area contributed by atoms with Crippen molar-refractivity contribution in [3.63, 3.8) is 0 Å². The smallest absolute Gasteiger partial charge is 0.122 e. The molecule has 0 saturated carbocycles. The quantitative estimate of drug-likeness (QED) is 0.536. The highest BCUT2D eigenvalue weighted by atomic mass is 16.5. The average molecular weight is 315 g/mol. The predicted molar refractivity (Wildman–Crippen MR) is 93.1 cm³/mol. The van der Waals surface area contributed by atoms with E-state index in [2.05, 4.69) is 13.0 Å². The van der Waals surface area contributed by atoms with Crippen LogP contribution in [0.1, 0.15) is 18.9 Å². The Morgan fingerprint density at radius 3 is 2.26 bits per heavy atom. The maximum atomic E-state index is 5.79. The Morgan fingerprint density at radius 2 is 1.52 bits per heavy atom. The van der Waals surface area contributed by atoms with Crippen LogP contribution >= 0.6 is 0 Å². The van der Waals surface area contributed by atoms with Gasteiger partial charge in [-0.2, -0.15) is 0 Å². The summed E-state index contributed by atoms with van der Waals surface area (Å²) in [7, 11) is 0. The van der Waals surface area contributed by atoms with Crippen molar-refractivity contribution in [3.05, 3.63) is 54.1 Å². The zero-order valence-corrected chi connectivity index (χ0v) is 13.7. The number of ether oxygens (including phenoxy) is 3. The summed E-state index contributed by atoms with van der Waals surface area (Å²) in [6.07, 6.45) is 2.14. The number of nitrogens with two attached hydrogens (primary N) is 1. The first-order chi connectivity index (χ1) is 11.3. The standard InChI is InChI=1S/C19H25NO3/c1-2-5-16-6-3-4-7-19(16)23-15-13-21-12-14-22-18-10-8-17(20)9-11-18/h3-4,6-11H,2,5,12-15,20H2,1H3. The number of anilines is 1. The van der Waals surface area contributed by atoms with Crippen LogP contribution in [0.2, 0.25) is 0 Å². The third-order valence-corrected chi connectivity index (χ3v) is 3.35. The zero-order chi connectivity index (χ0) is 16.3. The molecule has 23 heavy (non-hydrogen) atoms. The van der Waals surface area contributed by atoms with E-state index >= 15 is 0 Å². The second-order valence-corrected chi connectivity index (χ2v) is 5.24. The molecule has 0 saturated heterocycles. The third-order valence-electron chi connectivity index (χ3n) is 3.35. The number of hydrogen-bond acceptors (Lipinski definition) is 4. The lowest BCUT2D eigenvalue weighted by atomic mass is 10.1. The molecule has 0 aliphatic rings. The molecule has 0 radical (unpaired) electrons. The maximum Gasteiger partial charge on any atom is 0.122 e. The number of benzene rings is 2. The average Bonchev–Trinajstić information content (AvgIpc) is 2.57. The van der Waals surface area contributed by atoms with Crippen LogP contribution in [0.3, 0.4) is 0 Å². The SMILES string of the molecule is CCCc1ccccc1OCCOCCOc1ccc(N)cc1. The summed E-state index contributed by atoms with van der Waals surface area (Å²) < 4.78 is 16.9. The molecule has 0 bridgehead atoms. The van der Waals surface area contributed by atoms with Crippen LogP contribution in [-0.2, 0) is 11.2 Å². The normalized spacial score (nSPS) is 10.5. The molecule has 0 atom stereocenters. The molecule has 0 spiro atoms. The van der Waals surface area contributed by atoms with E-state index in [0.29, 0.717) is 26.4 Å². The van der Waals surface area contributed by atoms with Crippen molar-refractivity contribution in [2.24, 2.45) is 0 Å². The Morgan fingerprint density at radius 1 is 0.826 bits per heavy atom. The van der Waals surface area contributed by atoms with Gasteiger partial charge in [0.2, 0.25) is 0 Å². The van der Waals surface area contributed by atoms with Crippen LogP contribution < -0.4 is 15.2 Å². The van der Waals surface area contributed by atoms with Crippen LogP contribution in [-0.4, -0.2) is 26.4 Å². The summed E-state index contributed by atoms with van der Waals surface area (Å²) >= 11 is 0. The Hall–Kier alpha value is -2.20. The first kappa shape index (κ1) is 17.2. The number of nitrogen functional groups attached to an aromatic ring is 1. The Kier molecular flexibility index (Phi) is 7.27. The van der Waals surface area contributed by atoms with Crippen molar-refractivity contribution in [2.45, 2.75) is 19.8 Å². The van der Waals surface area contributed by atoms with E-state index < -0.39 is 0 Å². The Labute approximate surface area is 138 Å². The molecular formula is C19H25NO3. The van der Waals surface area contributed by atoms with Gasteiger partial charge in [0.1, 0.15) is 24.7 Å². The van der Waals surface area contributed by atoms with Crippen molar-refractivity contribution >= 4 is 5.69 Å². The molecular weight excluding hydrogens is 290 g/mol. The van der Waals surface area contributed by atoms with Crippen LogP contribution in [0.4, 0.5) is 5.69 Å². The van der Waals surface area contributed by atoms with Crippen molar-refractivity contribution < 1.29 is 14.2 Å². The van der Waals surface area contributed by atoms with E-state index in [4.69, 9.17) is 19.9 Å². The van der Waals surface area contributed by atoms with Crippen LogP contribution in [0.15, 0.2) is 48.5 Å². The number of aryl methyl sites for hydroxylation is 1. The number of rotatable bonds is 10. The monoisotopic (exact) mass is 315 g/mol. The molecule has 124 valence electrons. The largest absolute Gasteiger partial charge is 0.491 e. The second-order valence-electron chi connectivity index (χ2n) is 5.24. The fourth-order valence-electron chi connectivity index (χ4n) is 2.22. The van der Waals surface area contributed by atoms with Crippen molar-refractivity contribution in [3.8, 4) is 11.5 Å². The summed E-state index contributed by atoms with van der Waals surface area (Å²) in [5.74, 6) is 1.75. The zero-order valence-electron chi connectivity index (χ0n) is 13.7. The molecule has 2 N–H and O–H groups in total. The second kappa shape index (κ2) is 9.74. The van der Waals surface area contributed by atoms with Crippen molar-refractivity contribution in [2.75, 3.05) is 32.2 Å². The molecule has 0 unspecified atom stereocenters. The lowest BCUT2D eigenvalue weighted by Crippen LogP contribution is -2.12. The highest BCUT2D eigenvalue weighted by Gasteiger charge is 2.01. The van der Waals surface area contributed by atoms with Gasteiger partial charge in [-0.05, 0) is 42.3 Å². The molecule has 0 aliphatic heterocycles. The van der Waals surface area contributed by atoms with E-state index in [0.717, 1.165) is 30.0 Å². The molecule has 0 aromatic heterocycles. The van der Waals surface area contributed by atoms with Gasteiger partial charge in [0.05, 0.1) is 13.2 Å². The highest BCUT2D eigenvalue weighted by Crippen LogP contribution is 2.19. The summed E-state index contributed by atoms with van der Waals surface area (Å²) in [6, 6.07) is 15.5. The molecule has 0 aliphatic carbocycles. The minimum absolute atomic E-state index is 0.510. The van der Waals surface area contributed by atoms with Crippen molar-refractivity contribution in [1.29, 1.82) is 0 Å². The van der Waals surface area contributed by atoms with Gasteiger partial charge >= 0.3 is 0 Å².